The highest BCUT2D eigenvalue weighted by atomic mass is 32.2. The Balaban J connectivity index is 1.96. The number of sulfone groups is 1. The fourth-order valence-electron chi connectivity index (χ4n) is 2.29. The van der Waals surface area contributed by atoms with Gasteiger partial charge >= 0.3 is 0 Å². The third-order valence-electron chi connectivity index (χ3n) is 3.52. The van der Waals surface area contributed by atoms with Crippen LogP contribution in [0, 0.1) is 0 Å². The molecule has 0 saturated carbocycles. The van der Waals surface area contributed by atoms with Crippen molar-refractivity contribution in [1.29, 1.82) is 0 Å². The second-order valence-electron chi connectivity index (χ2n) is 5.15. The average Bonchev–Trinajstić information content (AvgIpc) is 2.45. The molecule has 1 aliphatic rings. The summed E-state index contributed by atoms with van der Waals surface area (Å²) >= 11 is 1.95. The zero-order valence-corrected chi connectivity index (χ0v) is 13.4. The van der Waals surface area contributed by atoms with Crippen LogP contribution in [0.1, 0.15) is 12.5 Å². The molecule has 0 aromatic heterocycles. The zero-order chi connectivity index (χ0) is 14.6. The first-order valence-corrected chi connectivity index (χ1v) is 9.57. The summed E-state index contributed by atoms with van der Waals surface area (Å²) in [6.07, 6.45) is 0. The van der Waals surface area contributed by atoms with E-state index in [1.807, 2.05) is 11.8 Å². The average molecular weight is 314 g/mol. The summed E-state index contributed by atoms with van der Waals surface area (Å²) in [4.78, 5) is 2.64. The second kappa shape index (κ2) is 6.93. The highest BCUT2D eigenvalue weighted by Crippen LogP contribution is 2.18. The molecule has 1 aromatic carbocycles. The Hall–Kier alpha value is -0.560. The van der Waals surface area contributed by atoms with Crippen LogP contribution in [-0.2, 0) is 16.4 Å². The lowest BCUT2D eigenvalue weighted by Gasteiger charge is -2.30. The van der Waals surface area contributed by atoms with Gasteiger partial charge in [-0.2, -0.15) is 11.8 Å². The quantitative estimate of drug-likeness (QED) is 0.889. The van der Waals surface area contributed by atoms with Gasteiger partial charge in [0.15, 0.2) is 9.84 Å². The van der Waals surface area contributed by atoms with Gasteiger partial charge in [-0.3, -0.25) is 0 Å². The molecule has 0 amide bonds. The van der Waals surface area contributed by atoms with Crippen molar-refractivity contribution in [1.82, 2.24) is 4.90 Å². The van der Waals surface area contributed by atoms with Crippen molar-refractivity contribution in [3.05, 3.63) is 29.8 Å². The first kappa shape index (κ1) is 15.8. The minimum Gasteiger partial charge on any atom is -0.326 e. The smallest absolute Gasteiger partial charge is 0.179 e. The van der Waals surface area contributed by atoms with Crippen molar-refractivity contribution < 1.29 is 8.42 Å². The largest absolute Gasteiger partial charge is 0.326 e. The Bertz CT molecular complexity index is 529. The van der Waals surface area contributed by atoms with E-state index in [0.717, 1.165) is 24.4 Å². The third kappa shape index (κ3) is 4.22. The summed E-state index contributed by atoms with van der Waals surface area (Å²) in [6, 6.07) is 6.89. The molecule has 6 heteroatoms. The number of benzene rings is 1. The molecule has 1 aromatic rings. The van der Waals surface area contributed by atoms with Crippen molar-refractivity contribution >= 4 is 21.6 Å². The Morgan fingerprint density at radius 3 is 2.65 bits per heavy atom. The maximum absolute atomic E-state index is 12.3. The molecule has 0 aliphatic carbocycles. The SMILES string of the molecule is CC1CN(CCS(=O)(=O)c2ccc(CN)cc2)CCS1. The molecule has 1 saturated heterocycles. The lowest BCUT2D eigenvalue weighted by molar-refractivity contribution is 0.303. The first-order valence-electron chi connectivity index (χ1n) is 6.87. The van der Waals surface area contributed by atoms with Crippen LogP contribution in [0.4, 0.5) is 0 Å². The van der Waals surface area contributed by atoms with E-state index in [9.17, 15) is 8.42 Å². The number of nitrogens with two attached hydrogens (primary N) is 1. The molecular formula is C14H22N2O2S2. The minimum atomic E-state index is -3.19. The van der Waals surface area contributed by atoms with Crippen molar-refractivity contribution in [2.75, 3.05) is 31.1 Å². The standard InChI is InChI=1S/C14H22N2O2S2/c1-12-11-16(6-8-19-12)7-9-20(17,18)14-4-2-13(10-15)3-5-14/h2-5,12H,6-11,15H2,1H3. The molecule has 1 aliphatic heterocycles. The van der Waals surface area contributed by atoms with Gasteiger partial charge in [-0.25, -0.2) is 8.42 Å². The molecule has 2 rings (SSSR count). The van der Waals surface area contributed by atoms with Crippen molar-refractivity contribution in [3.63, 3.8) is 0 Å². The molecule has 1 fully saturated rings. The topological polar surface area (TPSA) is 63.4 Å². The second-order valence-corrected chi connectivity index (χ2v) is 8.80. The predicted octanol–water partition coefficient (Wildman–Crippen LogP) is 1.36. The van der Waals surface area contributed by atoms with E-state index in [1.54, 1.807) is 24.3 Å². The Labute approximate surface area is 125 Å². The molecule has 0 radical (unpaired) electrons. The van der Waals surface area contributed by atoms with Crippen LogP contribution in [0.5, 0.6) is 0 Å². The first-order chi connectivity index (χ1) is 9.51. The van der Waals surface area contributed by atoms with E-state index in [1.165, 1.54) is 0 Å². The fourth-order valence-corrected chi connectivity index (χ4v) is 4.66. The van der Waals surface area contributed by atoms with E-state index in [0.29, 0.717) is 23.2 Å². The van der Waals surface area contributed by atoms with Gasteiger partial charge in [0, 0.05) is 37.2 Å². The third-order valence-corrected chi connectivity index (χ3v) is 6.37. The summed E-state index contributed by atoms with van der Waals surface area (Å²) < 4.78 is 24.6. The number of rotatable bonds is 5. The lowest BCUT2D eigenvalue weighted by Crippen LogP contribution is -2.39. The molecule has 112 valence electrons. The summed E-state index contributed by atoms with van der Waals surface area (Å²) in [5.74, 6) is 1.28. The van der Waals surface area contributed by atoms with E-state index >= 15 is 0 Å². The summed E-state index contributed by atoms with van der Waals surface area (Å²) in [5, 5.41) is 0.593. The van der Waals surface area contributed by atoms with E-state index in [2.05, 4.69) is 11.8 Å². The van der Waals surface area contributed by atoms with Gasteiger partial charge in [0.2, 0.25) is 0 Å². The van der Waals surface area contributed by atoms with Gasteiger partial charge in [0.1, 0.15) is 0 Å². The van der Waals surface area contributed by atoms with Crippen LogP contribution in [0.15, 0.2) is 29.2 Å². The van der Waals surface area contributed by atoms with Crippen LogP contribution in [0.2, 0.25) is 0 Å². The highest BCUT2D eigenvalue weighted by molar-refractivity contribution is 8.00. The molecule has 4 nitrogen and oxygen atoms in total. The van der Waals surface area contributed by atoms with Crippen LogP contribution < -0.4 is 5.73 Å². The Kier molecular flexibility index (Phi) is 5.49. The predicted molar refractivity (Wildman–Crippen MR) is 84.7 cm³/mol. The fraction of sp³-hybridized carbons (Fsp3) is 0.571. The number of nitrogens with zero attached hydrogens (tertiary/aromatic N) is 1. The van der Waals surface area contributed by atoms with Gasteiger partial charge in [-0.15, -0.1) is 0 Å². The van der Waals surface area contributed by atoms with Crippen LogP contribution in [0.25, 0.3) is 0 Å². The van der Waals surface area contributed by atoms with Crippen LogP contribution in [0.3, 0.4) is 0 Å². The lowest BCUT2D eigenvalue weighted by atomic mass is 10.2. The van der Waals surface area contributed by atoms with E-state index in [-0.39, 0.29) is 5.75 Å². The van der Waals surface area contributed by atoms with Crippen molar-refractivity contribution in [3.8, 4) is 0 Å². The highest BCUT2D eigenvalue weighted by Gasteiger charge is 2.20. The van der Waals surface area contributed by atoms with E-state index in [4.69, 9.17) is 5.73 Å². The molecule has 2 N–H and O–H groups in total. The number of hydrogen-bond donors (Lipinski definition) is 1. The van der Waals surface area contributed by atoms with Crippen molar-refractivity contribution in [2.24, 2.45) is 5.73 Å². The van der Waals surface area contributed by atoms with Gasteiger partial charge in [0.05, 0.1) is 10.6 Å². The zero-order valence-electron chi connectivity index (χ0n) is 11.8. The Morgan fingerprint density at radius 2 is 2.05 bits per heavy atom. The Morgan fingerprint density at radius 1 is 1.35 bits per heavy atom. The maximum Gasteiger partial charge on any atom is 0.179 e. The van der Waals surface area contributed by atoms with Crippen molar-refractivity contribution in [2.45, 2.75) is 23.6 Å². The van der Waals surface area contributed by atoms with Gasteiger partial charge in [-0.1, -0.05) is 19.1 Å². The summed E-state index contributed by atoms with van der Waals surface area (Å²) in [7, 11) is -3.19. The normalized spacial score (nSPS) is 21.0. The van der Waals surface area contributed by atoms with Gasteiger partial charge in [0.25, 0.3) is 0 Å². The number of hydrogen-bond acceptors (Lipinski definition) is 5. The minimum absolute atomic E-state index is 0.187. The van der Waals surface area contributed by atoms with E-state index < -0.39 is 9.84 Å². The van der Waals surface area contributed by atoms with Gasteiger partial charge < -0.3 is 10.6 Å². The maximum atomic E-state index is 12.3. The van der Waals surface area contributed by atoms with Crippen LogP contribution in [-0.4, -0.2) is 49.7 Å². The van der Waals surface area contributed by atoms with Crippen LogP contribution >= 0.6 is 11.8 Å². The number of thioether (sulfide) groups is 1. The molecular weight excluding hydrogens is 292 g/mol. The molecule has 1 unspecified atom stereocenters. The molecule has 20 heavy (non-hydrogen) atoms. The summed E-state index contributed by atoms with van der Waals surface area (Å²) in [6.45, 7) is 5.20. The monoisotopic (exact) mass is 314 g/mol. The van der Waals surface area contributed by atoms with Gasteiger partial charge in [-0.05, 0) is 17.7 Å². The molecule has 1 heterocycles. The summed E-state index contributed by atoms with van der Waals surface area (Å²) in [5.41, 5.74) is 6.47. The molecule has 0 bridgehead atoms. The molecule has 1 atom stereocenters. The molecule has 0 spiro atoms.